The first-order valence-corrected chi connectivity index (χ1v) is 7.80. The zero-order valence-electron chi connectivity index (χ0n) is 10.8. The SMILES string of the molecule is Cc1nn(C)c(C)c1Oc1nc2sccn2c1CBr. The number of aryl methyl sites for hydroxylation is 2. The highest BCUT2D eigenvalue weighted by molar-refractivity contribution is 9.08. The lowest BCUT2D eigenvalue weighted by atomic mass is 10.3. The standard InChI is InChI=1S/C12H13BrN4OS/c1-7-10(8(2)16(3)15-7)18-11-9(6-13)17-4-5-19-12(17)14-11/h4-5H,6H2,1-3H3. The van der Waals surface area contributed by atoms with E-state index in [0.29, 0.717) is 11.2 Å². The predicted molar refractivity (Wildman–Crippen MR) is 78.5 cm³/mol. The van der Waals surface area contributed by atoms with Crippen LogP contribution in [0.4, 0.5) is 0 Å². The van der Waals surface area contributed by atoms with Gasteiger partial charge in [-0.05, 0) is 13.8 Å². The third-order valence-corrected chi connectivity index (χ3v) is 4.38. The quantitative estimate of drug-likeness (QED) is 0.686. The Labute approximate surface area is 123 Å². The number of aromatic nitrogens is 4. The number of rotatable bonds is 3. The maximum atomic E-state index is 5.99. The molecule has 0 atom stereocenters. The monoisotopic (exact) mass is 340 g/mol. The second-order valence-corrected chi connectivity index (χ2v) is 5.71. The summed E-state index contributed by atoms with van der Waals surface area (Å²) in [5.41, 5.74) is 2.88. The van der Waals surface area contributed by atoms with E-state index < -0.39 is 0 Å². The molecule has 3 aromatic rings. The second kappa shape index (κ2) is 4.64. The number of halogens is 1. The number of imidazole rings is 1. The number of thiazole rings is 1. The Balaban J connectivity index is 2.07. The van der Waals surface area contributed by atoms with Crippen LogP contribution in [0.25, 0.3) is 4.96 Å². The molecule has 3 aromatic heterocycles. The Hall–Kier alpha value is -1.34. The number of nitrogens with zero attached hydrogens (tertiary/aromatic N) is 4. The van der Waals surface area contributed by atoms with E-state index in [-0.39, 0.29) is 0 Å². The Kier molecular flexibility index (Phi) is 3.10. The van der Waals surface area contributed by atoms with Crippen LogP contribution >= 0.6 is 27.3 Å². The van der Waals surface area contributed by atoms with Gasteiger partial charge in [-0.15, -0.1) is 11.3 Å². The number of fused-ring (bicyclic) bond motifs is 1. The summed E-state index contributed by atoms with van der Waals surface area (Å²) in [6.45, 7) is 3.93. The molecule has 0 aliphatic heterocycles. The van der Waals surface area contributed by atoms with Gasteiger partial charge in [0.2, 0.25) is 5.88 Å². The molecule has 0 saturated carbocycles. The van der Waals surface area contributed by atoms with Gasteiger partial charge in [0.05, 0.1) is 11.4 Å². The van der Waals surface area contributed by atoms with Crippen LogP contribution in [0.3, 0.4) is 0 Å². The zero-order valence-corrected chi connectivity index (χ0v) is 13.2. The van der Waals surface area contributed by atoms with Crippen molar-refractivity contribution in [3.05, 3.63) is 28.7 Å². The average Bonchev–Trinajstić information content (AvgIpc) is 2.99. The fourth-order valence-corrected chi connectivity index (χ4v) is 3.25. The van der Waals surface area contributed by atoms with Crippen molar-refractivity contribution in [1.29, 1.82) is 0 Å². The highest BCUT2D eigenvalue weighted by atomic mass is 79.9. The van der Waals surface area contributed by atoms with Gasteiger partial charge in [-0.1, -0.05) is 15.9 Å². The molecule has 5 nitrogen and oxygen atoms in total. The van der Waals surface area contributed by atoms with E-state index >= 15 is 0 Å². The van der Waals surface area contributed by atoms with E-state index in [1.165, 1.54) is 0 Å². The molecule has 0 amide bonds. The van der Waals surface area contributed by atoms with Gasteiger partial charge >= 0.3 is 0 Å². The topological polar surface area (TPSA) is 44.3 Å². The van der Waals surface area contributed by atoms with Crippen molar-refractivity contribution in [1.82, 2.24) is 19.2 Å². The molecule has 0 bridgehead atoms. The molecule has 0 spiro atoms. The Morgan fingerprint density at radius 3 is 2.84 bits per heavy atom. The lowest BCUT2D eigenvalue weighted by Crippen LogP contribution is -1.94. The molecule has 3 rings (SSSR count). The van der Waals surface area contributed by atoms with Crippen molar-refractivity contribution in [2.45, 2.75) is 19.2 Å². The van der Waals surface area contributed by atoms with E-state index in [2.05, 4.69) is 26.0 Å². The molecule has 0 aliphatic rings. The van der Waals surface area contributed by atoms with Gasteiger partial charge in [-0.3, -0.25) is 9.08 Å². The summed E-state index contributed by atoms with van der Waals surface area (Å²) >= 11 is 5.08. The maximum Gasteiger partial charge on any atom is 0.243 e. The molecule has 0 saturated heterocycles. The van der Waals surface area contributed by atoms with Gasteiger partial charge < -0.3 is 4.74 Å². The van der Waals surface area contributed by atoms with Gasteiger partial charge in [0, 0.05) is 24.0 Å². The molecule has 0 radical (unpaired) electrons. The van der Waals surface area contributed by atoms with Crippen LogP contribution in [0.1, 0.15) is 17.1 Å². The third kappa shape index (κ3) is 1.97. The summed E-state index contributed by atoms with van der Waals surface area (Å²) in [6.07, 6.45) is 2.00. The Morgan fingerprint density at radius 2 is 2.21 bits per heavy atom. The lowest BCUT2D eigenvalue weighted by Gasteiger charge is -2.04. The molecule has 100 valence electrons. The first kappa shape index (κ1) is 12.7. The normalized spacial score (nSPS) is 11.4. The number of hydrogen-bond acceptors (Lipinski definition) is 4. The highest BCUT2D eigenvalue weighted by Gasteiger charge is 2.18. The van der Waals surface area contributed by atoms with E-state index in [9.17, 15) is 0 Å². The third-order valence-electron chi connectivity index (χ3n) is 3.09. The van der Waals surface area contributed by atoms with Crippen LogP contribution < -0.4 is 4.74 Å². The maximum absolute atomic E-state index is 5.99. The second-order valence-electron chi connectivity index (χ2n) is 4.28. The van der Waals surface area contributed by atoms with Crippen LogP contribution in [-0.2, 0) is 12.4 Å². The van der Waals surface area contributed by atoms with Crippen LogP contribution in [0.5, 0.6) is 11.6 Å². The van der Waals surface area contributed by atoms with E-state index in [1.807, 2.05) is 41.6 Å². The highest BCUT2D eigenvalue weighted by Crippen LogP contribution is 2.32. The van der Waals surface area contributed by atoms with Crippen LogP contribution in [-0.4, -0.2) is 19.2 Å². The minimum absolute atomic E-state index is 0.642. The number of alkyl halides is 1. The first-order chi connectivity index (χ1) is 9.11. The minimum Gasteiger partial charge on any atom is -0.433 e. The smallest absolute Gasteiger partial charge is 0.243 e. The number of ether oxygens (including phenoxy) is 1. The van der Waals surface area contributed by atoms with Gasteiger partial charge in [-0.2, -0.15) is 10.1 Å². The summed E-state index contributed by atoms with van der Waals surface area (Å²) in [5.74, 6) is 1.43. The summed E-state index contributed by atoms with van der Waals surface area (Å²) in [5, 5.41) is 7.06. The fourth-order valence-electron chi connectivity index (χ4n) is 2.01. The van der Waals surface area contributed by atoms with Gasteiger partial charge in [0.25, 0.3) is 0 Å². The van der Waals surface area contributed by atoms with Crippen LogP contribution in [0.2, 0.25) is 0 Å². The minimum atomic E-state index is 0.642. The van der Waals surface area contributed by atoms with Gasteiger partial charge in [0.15, 0.2) is 10.7 Å². The first-order valence-electron chi connectivity index (χ1n) is 5.80. The van der Waals surface area contributed by atoms with Crippen molar-refractivity contribution >= 4 is 32.2 Å². The molecule has 0 unspecified atom stereocenters. The number of hydrogen-bond donors (Lipinski definition) is 0. The zero-order chi connectivity index (χ0) is 13.6. The van der Waals surface area contributed by atoms with Crippen molar-refractivity contribution < 1.29 is 4.74 Å². The fraction of sp³-hybridized carbons (Fsp3) is 0.333. The summed E-state index contributed by atoms with van der Waals surface area (Å²) < 4.78 is 9.84. The molecule has 0 aliphatic carbocycles. The molecular formula is C12H13BrN4OS. The van der Waals surface area contributed by atoms with Gasteiger partial charge in [0.1, 0.15) is 5.69 Å². The molecule has 3 heterocycles. The van der Waals surface area contributed by atoms with Crippen molar-refractivity contribution in [3.8, 4) is 11.6 Å². The Bertz CT molecular complexity index is 742. The summed E-state index contributed by atoms with van der Waals surface area (Å²) in [6, 6.07) is 0. The molecule has 0 fully saturated rings. The van der Waals surface area contributed by atoms with Crippen molar-refractivity contribution in [2.75, 3.05) is 0 Å². The predicted octanol–water partition coefficient (Wildman–Crippen LogP) is 3.43. The Morgan fingerprint density at radius 1 is 1.42 bits per heavy atom. The van der Waals surface area contributed by atoms with Crippen molar-refractivity contribution in [3.63, 3.8) is 0 Å². The average molecular weight is 341 g/mol. The summed E-state index contributed by atoms with van der Waals surface area (Å²) in [4.78, 5) is 5.46. The van der Waals surface area contributed by atoms with Gasteiger partial charge in [-0.25, -0.2) is 0 Å². The largest absolute Gasteiger partial charge is 0.433 e. The van der Waals surface area contributed by atoms with E-state index in [0.717, 1.165) is 27.8 Å². The van der Waals surface area contributed by atoms with Crippen LogP contribution in [0, 0.1) is 13.8 Å². The molecular weight excluding hydrogens is 328 g/mol. The molecule has 0 aromatic carbocycles. The van der Waals surface area contributed by atoms with E-state index in [4.69, 9.17) is 4.74 Å². The molecule has 7 heteroatoms. The van der Waals surface area contributed by atoms with Crippen LogP contribution in [0.15, 0.2) is 11.6 Å². The van der Waals surface area contributed by atoms with E-state index in [1.54, 1.807) is 11.3 Å². The molecule has 19 heavy (non-hydrogen) atoms. The summed E-state index contributed by atoms with van der Waals surface area (Å²) in [7, 11) is 1.91. The van der Waals surface area contributed by atoms with Crippen molar-refractivity contribution in [2.24, 2.45) is 7.05 Å². The molecule has 0 N–H and O–H groups in total. The lowest BCUT2D eigenvalue weighted by molar-refractivity contribution is 0.454.